The van der Waals surface area contributed by atoms with E-state index in [1.54, 1.807) is 0 Å². The summed E-state index contributed by atoms with van der Waals surface area (Å²) in [5.41, 5.74) is 1.16. The highest BCUT2D eigenvalue weighted by Gasteiger charge is 2.17. The first-order valence-corrected chi connectivity index (χ1v) is 5.53. The van der Waals surface area contributed by atoms with E-state index < -0.39 is 0 Å². The number of halogens is 1. The van der Waals surface area contributed by atoms with Crippen molar-refractivity contribution in [1.82, 2.24) is 9.78 Å². The Balaban J connectivity index is 2.13. The van der Waals surface area contributed by atoms with Gasteiger partial charge in [-0.15, -0.1) is 11.6 Å². The minimum absolute atomic E-state index is 0.580. The molecule has 0 spiro atoms. The molecule has 0 aliphatic heterocycles. The molecule has 13 heavy (non-hydrogen) atoms. The van der Waals surface area contributed by atoms with Crippen LogP contribution in [0.2, 0.25) is 0 Å². The number of hydrogen-bond donors (Lipinski definition) is 0. The molecule has 1 fully saturated rings. The fraction of sp³-hybridized carbons (Fsp3) is 0.700. The summed E-state index contributed by atoms with van der Waals surface area (Å²) in [5.74, 6) is 0.580. The molecular weight excluding hydrogens is 184 g/mol. The van der Waals surface area contributed by atoms with E-state index >= 15 is 0 Å². The van der Waals surface area contributed by atoms with E-state index in [9.17, 15) is 0 Å². The van der Waals surface area contributed by atoms with Crippen molar-refractivity contribution >= 4 is 11.6 Å². The summed E-state index contributed by atoms with van der Waals surface area (Å²) in [4.78, 5) is 0. The highest BCUT2D eigenvalue weighted by atomic mass is 35.5. The fourth-order valence-electron chi connectivity index (χ4n) is 2.10. The third-order valence-corrected chi connectivity index (χ3v) is 3.08. The maximum absolute atomic E-state index is 5.83. The predicted molar refractivity (Wildman–Crippen MR) is 53.9 cm³/mol. The number of nitrogens with zero attached hydrogens (tertiary/aromatic N) is 2. The minimum atomic E-state index is 0.580. The molecule has 1 saturated carbocycles. The summed E-state index contributed by atoms with van der Waals surface area (Å²) in [5, 5.41) is 4.34. The SMILES string of the molecule is ClCc1ccnn1C1CCCCC1. The summed E-state index contributed by atoms with van der Waals surface area (Å²) in [7, 11) is 0. The second-order valence-electron chi connectivity index (χ2n) is 3.69. The lowest BCUT2D eigenvalue weighted by atomic mass is 9.95. The Morgan fingerprint density at radius 2 is 2.15 bits per heavy atom. The van der Waals surface area contributed by atoms with E-state index in [4.69, 9.17) is 11.6 Å². The van der Waals surface area contributed by atoms with Gasteiger partial charge in [-0.1, -0.05) is 19.3 Å². The third-order valence-electron chi connectivity index (χ3n) is 2.81. The first-order valence-electron chi connectivity index (χ1n) is 5.00. The molecule has 0 amide bonds. The van der Waals surface area contributed by atoms with Crippen LogP contribution >= 0.6 is 11.6 Å². The molecule has 0 radical (unpaired) electrons. The molecular formula is C10H15ClN2. The lowest BCUT2D eigenvalue weighted by Gasteiger charge is -2.23. The van der Waals surface area contributed by atoms with E-state index in [1.165, 1.54) is 32.1 Å². The number of rotatable bonds is 2. The zero-order valence-electron chi connectivity index (χ0n) is 7.75. The van der Waals surface area contributed by atoms with E-state index in [0.29, 0.717) is 11.9 Å². The molecule has 72 valence electrons. The van der Waals surface area contributed by atoms with Crippen molar-refractivity contribution in [2.75, 3.05) is 0 Å². The zero-order chi connectivity index (χ0) is 9.10. The second kappa shape index (κ2) is 4.14. The van der Waals surface area contributed by atoms with Crippen molar-refractivity contribution in [3.05, 3.63) is 18.0 Å². The molecule has 0 aromatic carbocycles. The lowest BCUT2D eigenvalue weighted by Crippen LogP contribution is -2.15. The van der Waals surface area contributed by atoms with Crippen LogP contribution in [-0.2, 0) is 5.88 Å². The van der Waals surface area contributed by atoms with Gasteiger partial charge in [0.25, 0.3) is 0 Å². The van der Waals surface area contributed by atoms with Gasteiger partial charge in [0.1, 0.15) is 0 Å². The van der Waals surface area contributed by atoms with E-state index in [2.05, 4.69) is 9.78 Å². The van der Waals surface area contributed by atoms with E-state index in [-0.39, 0.29) is 0 Å². The molecule has 2 nitrogen and oxygen atoms in total. The van der Waals surface area contributed by atoms with Crippen molar-refractivity contribution in [3.63, 3.8) is 0 Å². The molecule has 0 N–H and O–H groups in total. The smallest absolute Gasteiger partial charge is 0.0644 e. The second-order valence-corrected chi connectivity index (χ2v) is 3.96. The van der Waals surface area contributed by atoms with Crippen LogP contribution in [0, 0.1) is 0 Å². The summed E-state index contributed by atoms with van der Waals surface area (Å²) in [6.07, 6.45) is 8.45. The molecule has 1 heterocycles. The van der Waals surface area contributed by atoms with Crippen molar-refractivity contribution in [2.45, 2.75) is 44.0 Å². The molecule has 1 aliphatic carbocycles. The van der Waals surface area contributed by atoms with Gasteiger partial charge in [0.15, 0.2) is 0 Å². The first-order chi connectivity index (χ1) is 6.42. The van der Waals surface area contributed by atoms with Crippen LogP contribution in [0.15, 0.2) is 12.3 Å². The molecule has 2 rings (SSSR count). The van der Waals surface area contributed by atoms with Gasteiger partial charge in [0, 0.05) is 6.20 Å². The molecule has 0 atom stereocenters. The van der Waals surface area contributed by atoms with Gasteiger partial charge in [-0.2, -0.15) is 5.10 Å². The molecule has 0 saturated heterocycles. The van der Waals surface area contributed by atoms with Gasteiger partial charge >= 0.3 is 0 Å². The summed E-state index contributed by atoms with van der Waals surface area (Å²) >= 11 is 5.83. The van der Waals surface area contributed by atoms with Crippen LogP contribution in [0.25, 0.3) is 0 Å². The Hall–Kier alpha value is -0.500. The molecule has 1 aliphatic rings. The minimum Gasteiger partial charge on any atom is -0.265 e. The van der Waals surface area contributed by atoms with Crippen LogP contribution in [0.3, 0.4) is 0 Å². The number of aromatic nitrogens is 2. The van der Waals surface area contributed by atoms with Crippen LogP contribution in [0.1, 0.15) is 43.8 Å². The summed E-state index contributed by atoms with van der Waals surface area (Å²) in [6, 6.07) is 2.62. The Morgan fingerprint density at radius 3 is 2.85 bits per heavy atom. The first kappa shape index (κ1) is 9.07. The molecule has 0 unspecified atom stereocenters. The van der Waals surface area contributed by atoms with Gasteiger partial charge in [-0.3, -0.25) is 4.68 Å². The van der Waals surface area contributed by atoms with Crippen LogP contribution in [0.5, 0.6) is 0 Å². The van der Waals surface area contributed by atoms with Gasteiger partial charge < -0.3 is 0 Å². The topological polar surface area (TPSA) is 17.8 Å². The standard InChI is InChI=1S/C10H15ClN2/c11-8-10-6-7-12-13(10)9-4-2-1-3-5-9/h6-7,9H,1-5,8H2. The number of hydrogen-bond acceptors (Lipinski definition) is 1. The van der Waals surface area contributed by atoms with Crippen LogP contribution < -0.4 is 0 Å². The highest BCUT2D eigenvalue weighted by Crippen LogP contribution is 2.28. The van der Waals surface area contributed by atoms with E-state index in [0.717, 1.165) is 5.69 Å². The van der Waals surface area contributed by atoms with Crippen LogP contribution in [-0.4, -0.2) is 9.78 Å². The van der Waals surface area contributed by atoms with Gasteiger partial charge in [0.2, 0.25) is 0 Å². The summed E-state index contributed by atoms with van der Waals surface area (Å²) < 4.78 is 2.12. The van der Waals surface area contributed by atoms with Gasteiger partial charge in [-0.05, 0) is 18.9 Å². The van der Waals surface area contributed by atoms with Crippen molar-refractivity contribution in [1.29, 1.82) is 0 Å². The zero-order valence-corrected chi connectivity index (χ0v) is 8.50. The maximum atomic E-state index is 5.83. The van der Waals surface area contributed by atoms with E-state index in [1.807, 2.05) is 12.3 Å². The number of alkyl halides is 1. The molecule has 1 aromatic rings. The Kier molecular flexibility index (Phi) is 2.89. The lowest BCUT2D eigenvalue weighted by molar-refractivity contribution is 0.324. The maximum Gasteiger partial charge on any atom is 0.0644 e. The van der Waals surface area contributed by atoms with Crippen molar-refractivity contribution in [2.24, 2.45) is 0 Å². The molecule has 1 aromatic heterocycles. The quantitative estimate of drug-likeness (QED) is 0.668. The third kappa shape index (κ3) is 1.88. The fourth-order valence-corrected chi connectivity index (χ4v) is 2.31. The van der Waals surface area contributed by atoms with Crippen molar-refractivity contribution in [3.8, 4) is 0 Å². The van der Waals surface area contributed by atoms with Crippen molar-refractivity contribution < 1.29 is 0 Å². The van der Waals surface area contributed by atoms with Gasteiger partial charge in [0.05, 0.1) is 17.6 Å². The largest absolute Gasteiger partial charge is 0.265 e. The Morgan fingerprint density at radius 1 is 1.38 bits per heavy atom. The highest BCUT2D eigenvalue weighted by molar-refractivity contribution is 6.16. The average molecular weight is 199 g/mol. The molecule has 3 heteroatoms. The molecule has 0 bridgehead atoms. The Labute approximate surface area is 83.9 Å². The predicted octanol–water partition coefficient (Wildman–Crippen LogP) is 3.13. The van der Waals surface area contributed by atoms with Crippen LogP contribution in [0.4, 0.5) is 0 Å². The monoisotopic (exact) mass is 198 g/mol. The average Bonchev–Trinajstić information content (AvgIpc) is 2.67. The normalized spacial score (nSPS) is 19.2. The van der Waals surface area contributed by atoms with Gasteiger partial charge in [-0.25, -0.2) is 0 Å². The Bertz CT molecular complexity index is 264. The summed E-state index contributed by atoms with van der Waals surface area (Å²) in [6.45, 7) is 0.